The molecule has 0 bridgehead atoms. The molecule has 0 atom stereocenters. The lowest BCUT2D eigenvalue weighted by molar-refractivity contribution is -0.404. The first-order valence-electron chi connectivity index (χ1n) is 7.58. The van der Waals surface area contributed by atoms with Crippen LogP contribution in [-0.4, -0.2) is 39.2 Å². The quantitative estimate of drug-likeness (QED) is 0.365. The normalized spacial score (nSPS) is 10.3. The number of aryl methyl sites for hydroxylation is 1. The monoisotopic (exact) mass is 324 g/mol. The third-order valence-corrected chi connectivity index (χ3v) is 2.65. The van der Waals surface area contributed by atoms with Crippen LogP contribution in [0, 0.1) is 17.0 Å². The van der Waals surface area contributed by atoms with Gasteiger partial charge in [0.15, 0.2) is 5.82 Å². The fourth-order valence-electron chi connectivity index (χ4n) is 1.65. The molecule has 3 N–H and O–H groups in total. The molecule has 130 valence electrons. The first-order valence-corrected chi connectivity index (χ1v) is 7.58. The zero-order valence-corrected chi connectivity index (χ0v) is 14.4. The Morgan fingerprint density at radius 3 is 2.57 bits per heavy atom. The summed E-state index contributed by atoms with van der Waals surface area (Å²) in [5, 5.41) is 18.8. The maximum Gasteiger partial charge on any atom is 0.274 e. The molecule has 0 heterocycles. The van der Waals surface area contributed by atoms with Crippen LogP contribution in [0.15, 0.2) is 36.3 Å². The van der Waals surface area contributed by atoms with Crippen LogP contribution in [-0.2, 0) is 0 Å². The molecule has 7 nitrogen and oxygen atoms in total. The number of ether oxygens (including phenoxy) is 1. The van der Waals surface area contributed by atoms with E-state index >= 15 is 0 Å². The molecule has 7 heteroatoms. The van der Waals surface area contributed by atoms with Crippen molar-refractivity contribution in [2.75, 3.05) is 34.3 Å². The predicted molar refractivity (Wildman–Crippen MR) is 93.0 cm³/mol. The highest BCUT2D eigenvalue weighted by Crippen LogP contribution is 2.12. The second-order valence-corrected chi connectivity index (χ2v) is 4.88. The van der Waals surface area contributed by atoms with Crippen molar-refractivity contribution < 1.29 is 9.66 Å². The van der Waals surface area contributed by atoms with Crippen molar-refractivity contribution in [2.24, 2.45) is 0 Å². The lowest BCUT2D eigenvalue weighted by Crippen LogP contribution is -2.25. The van der Waals surface area contributed by atoms with Gasteiger partial charge in [-0.05, 0) is 51.6 Å². The van der Waals surface area contributed by atoms with E-state index in [1.165, 1.54) is 5.56 Å². The van der Waals surface area contributed by atoms with Gasteiger partial charge >= 0.3 is 0 Å². The first kappa shape index (κ1) is 20.7. The first-order chi connectivity index (χ1) is 11.0. The Labute approximate surface area is 138 Å². The summed E-state index contributed by atoms with van der Waals surface area (Å²) in [5.41, 5.74) is 1.17. The molecule has 0 unspecified atom stereocenters. The van der Waals surface area contributed by atoms with Crippen molar-refractivity contribution in [1.82, 2.24) is 16.0 Å². The summed E-state index contributed by atoms with van der Waals surface area (Å²) in [4.78, 5) is 9.83. The molecule has 0 fully saturated rings. The molecular weight excluding hydrogens is 296 g/mol. The lowest BCUT2D eigenvalue weighted by Gasteiger charge is -2.09. The van der Waals surface area contributed by atoms with E-state index in [0.717, 1.165) is 24.8 Å². The third kappa shape index (κ3) is 12.0. The maximum absolute atomic E-state index is 10.3. The predicted octanol–water partition coefficient (Wildman–Crippen LogP) is 1.87. The Balaban J connectivity index is 0.00000149. The van der Waals surface area contributed by atoms with Crippen molar-refractivity contribution >= 4 is 0 Å². The van der Waals surface area contributed by atoms with Crippen LogP contribution in [0.25, 0.3) is 0 Å². The molecule has 0 saturated carbocycles. The highest BCUT2D eigenvalue weighted by atomic mass is 16.6. The van der Waals surface area contributed by atoms with Gasteiger partial charge in [-0.1, -0.05) is 12.1 Å². The summed E-state index contributed by atoms with van der Waals surface area (Å²) >= 11 is 0. The summed E-state index contributed by atoms with van der Waals surface area (Å²) in [6.45, 7) is 3.33. The summed E-state index contributed by atoms with van der Waals surface area (Å²) < 4.78 is 5.62. The molecular formula is C16H28N4O3. The second-order valence-electron chi connectivity index (χ2n) is 4.88. The van der Waals surface area contributed by atoms with Crippen molar-refractivity contribution in [1.29, 1.82) is 0 Å². The SMILES string of the molecule is CNC.CNC(=C[N+](=O)[O-])NCCCCOc1cccc(C)c1. The van der Waals surface area contributed by atoms with Gasteiger partial charge in [0, 0.05) is 13.6 Å². The van der Waals surface area contributed by atoms with E-state index in [1.807, 2.05) is 45.3 Å². The van der Waals surface area contributed by atoms with Crippen molar-refractivity contribution in [3.63, 3.8) is 0 Å². The van der Waals surface area contributed by atoms with Gasteiger partial charge in [0.05, 0.1) is 11.5 Å². The van der Waals surface area contributed by atoms with Gasteiger partial charge in [-0.3, -0.25) is 10.1 Å². The number of nitro groups is 1. The van der Waals surface area contributed by atoms with E-state index in [0.29, 0.717) is 19.0 Å². The molecule has 0 radical (unpaired) electrons. The molecule has 0 saturated heterocycles. The molecule has 0 spiro atoms. The van der Waals surface area contributed by atoms with Crippen molar-refractivity contribution in [3.8, 4) is 5.75 Å². The topological polar surface area (TPSA) is 88.5 Å². The number of nitrogens with one attached hydrogen (secondary N) is 3. The molecule has 1 aromatic rings. The number of hydrogen-bond acceptors (Lipinski definition) is 6. The van der Waals surface area contributed by atoms with Gasteiger partial charge in [-0.2, -0.15) is 0 Å². The second kappa shape index (κ2) is 13.4. The van der Waals surface area contributed by atoms with E-state index in [1.54, 1.807) is 7.05 Å². The van der Waals surface area contributed by atoms with Gasteiger partial charge < -0.3 is 20.7 Å². The Kier molecular flexibility index (Phi) is 12.1. The third-order valence-electron chi connectivity index (χ3n) is 2.65. The van der Waals surface area contributed by atoms with Crippen LogP contribution in [0.3, 0.4) is 0 Å². The molecule has 1 aromatic carbocycles. The van der Waals surface area contributed by atoms with Crippen LogP contribution in [0.4, 0.5) is 0 Å². The number of benzene rings is 1. The maximum atomic E-state index is 10.3. The highest BCUT2D eigenvalue weighted by molar-refractivity contribution is 5.27. The molecule has 0 aliphatic carbocycles. The highest BCUT2D eigenvalue weighted by Gasteiger charge is 1.99. The van der Waals surface area contributed by atoms with Crippen LogP contribution >= 0.6 is 0 Å². The average molecular weight is 324 g/mol. The van der Waals surface area contributed by atoms with E-state index < -0.39 is 4.92 Å². The minimum atomic E-state index is -0.486. The smallest absolute Gasteiger partial charge is 0.274 e. The fourth-order valence-corrected chi connectivity index (χ4v) is 1.65. The van der Waals surface area contributed by atoms with Gasteiger partial charge in [-0.25, -0.2) is 0 Å². The van der Waals surface area contributed by atoms with Gasteiger partial charge in [-0.15, -0.1) is 0 Å². The standard InChI is InChI=1S/C14H21N3O3.C2H7N/c1-12-6-5-7-13(10-12)20-9-4-3-8-16-14(15-2)11-17(18)19;1-3-2/h5-7,10-11,15-16H,3-4,8-9H2,1-2H3;3H,1-2H3. The number of hydrogen-bond donors (Lipinski definition) is 3. The van der Waals surface area contributed by atoms with E-state index in [-0.39, 0.29) is 0 Å². The number of unbranched alkanes of at least 4 members (excludes halogenated alkanes) is 1. The average Bonchev–Trinajstić information content (AvgIpc) is 2.50. The van der Waals surface area contributed by atoms with Gasteiger partial charge in [0.2, 0.25) is 0 Å². The van der Waals surface area contributed by atoms with E-state index in [9.17, 15) is 10.1 Å². The Hall–Kier alpha value is -2.28. The van der Waals surface area contributed by atoms with Crippen LogP contribution < -0.4 is 20.7 Å². The summed E-state index contributed by atoms with van der Waals surface area (Å²) in [6, 6.07) is 7.92. The lowest BCUT2D eigenvalue weighted by atomic mass is 10.2. The summed E-state index contributed by atoms with van der Waals surface area (Å²) in [5.74, 6) is 1.29. The molecule has 23 heavy (non-hydrogen) atoms. The zero-order chi connectivity index (χ0) is 17.5. The molecule has 0 aliphatic heterocycles. The van der Waals surface area contributed by atoms with Crippen LogP contribution in [0.5, 0.6) is 5.75 Å². The fraction of sp³-hybridized carbons (Fsp3) is 0.500. The summed E-state index contributed by atoms with van der Waals surface area (Å²) in [7, 11) is 5.39. The molecule has 0 aliphatic rings. The molecule has 1 rings (SSSR count). The van der Waals surface area contributed by atoms with Crippen LogP contribution in [0.2, 0.25) is 0 Å². The van der Waals surface area contributed by atoms with Gasteiger partial charge in [0.25, 0.3) is 6.20 Å². The summed E-state index contributed by atoms with van der Waals surface area (Å²) in [6.07, 6.45) is 2.68. The van der Waals surface area contributed by atoms with Crippen molar-refractivity contribution in [2.45, 2.75) is 19.8 Å². The molecule has 0 aromatic heterocycles. The largest absolute Gasteiger partial charge is 0.494 e. The van der Waals surface area contributed by atoms with E-state index in [2.05, 4.69) is 16.0 Å². The van der Waals surface area contributed by atoms with Crippen LogP contribution in [0.1, 0.15) is 18.4 Å². The van der Waals surface area contributed by atoms with Gasteiger partial charge in [0.1, 0.15) is 5.75 Å². The van der Waals surface area contributed by atoms with E-state index in [4.69, 9.17) is 4.74 Å². The van der Waals surface area contributed by atoms with Crippen molar-refractivity contribution in [3.05, 3.63) is 52.0 Å². The Bertz CT molecular complexity index is 478. The minimum Gasteiger partial charge on any atom is -0.494 e. The number of nitrogens with zero attached hydrogens (tertiary/aromatic N) is 1. The number of rotatable bonds is 9. The Morgan fingerprint density at radius 1 is 1.30 bits per heavy atom. The minimum absolute atomic E-state index is 0.412. The zero-order valence-electron chi connectivity index (χ0n) is 14.4. The molecule has 0 amide bonds. The Morgan fingerprint density at radius 2 is 2.00 bits per heavy atom.